The number of nitrogens with zero attached hydrogens (tertiary/aromatic N) is 22. The van der Waals surface area contributed by atoms with E-state index in [9.17, 15) is 62.8 Å². The molecule has 44 heteroatoms. The molecule has 0 saturated carbocycles. The lowest BCUT2D eigenvalue weighted by atomic mass is 10.0. The Morgan fingerprint density at radius 2 is 0.731 bits per heavy atom. The molecule has 0 spiro atoms. The Hall–Kier alpha value is -18.1. The van der Waals surface area contributed by atoms with Crippen LogP contribution in [0, 0.1) is 36.0 Å². The van der Waals surface area contributed by atoms with E-state index in [4.69, 9.17) is 5.14 Å². The summed E-state index contributed by atoms with van der Waals surface area (Å²) >= 11 is 0. The predicted octanol–water partition coefficient (Wildman–Crippen LogP) is 14.3. The van der Waals surface area contributed by atoms with Gasteiger partial charge < -0.3 is 26.6 Å². The summed E-state index contributed by atoms with van der Waals surface area (Å²) in [5.74, 6) is -3.22. The molecule has 3 atom stereocenters. The molecule has 0 saturated heterocycles. The number of sulfonamides is 1. The zero-order chi connectivity index (χ0) is 102. The van der Waals surface area contributed by atoms with Crippen LogP contribution in [0.3, 0.4) is 0 Å². The van der Waals surface area contributed by atoms with Crippen molar-refractivity contribution in [2.75, 3.05) is 6.26 Å². The summed E-state index contributed by atoms with van der Waals surface area (Å²) in [5.41, 5.74) is 12.8. The Balaban J connectivity index is 0.000000130. The molecule has 37 nitrogen and oxygen atoms in total. The molecular formula is C101H89F5N28O9S2. The average Bonchev–Trinajstić information content (AvgIpc) is 1.65. The van der Waals surface area contributed by atoms with Crippen molar-refractivity contribution in [3.8, 4) is 28.4 Å². The standard InChI is InChI=1S/C22H20FN5O3S.C22H20FN5O.C21H19FN6O3S.2C18H15FN6O/c1-3-19(20-10-16(8-9-25-20)32(2,30)31)27-22(29)18-11-24-13-21-17(18)12-26-28(21)15-6-4-14(23)5-7-15;1-3-20(15-8-9-25-14(2)10-15)27-22(29)19-11-24-13-21-18(19)12-26-28(21)17-6-4-16(23)5-7-17;1-2-17(18-4-3-5-20(26-18)32(23,30)31)27-21(29)16-10-24-12-19-15(16)11-25-28(19)14-8-6-13(22)7-9-14;1-24-11-12(7-22-24)6-21-18(26)16-8-20-10-17-15(16)9-23-25(17)14-4-2-13(19)3-5-14;1-24-7-6-13(23-24)8-21-18(26)16-9-20-11-17-15(16)10-22-25(17)14-4-2-12(19)3-5-14/h4-13,19H,3H2,1-2H3,(H,27,29);4-13,20H,3H2,1-2H3,(H,27,29);3-12,17H,2H2,1H3,(H,27,29)(H2,23,30,31);2-5,7-11H,6H2,1H3,(H,21,26);2-7,9-11H,8H2,1H3,(H,21,26)/t19-;20-;17-;;/m000../s1. The van der Waals surface area contributed by atoms with Crippen LogP contribution in [0.25, 0.3) is 83.0 Å². The quantitative estimate of drug-likeness (QED) is 0.0289. The number of fused-ring (bicyclic) bond motifs is 5. The Kier molecular flexibility index (Phi) is 30.4. The minimum absolute atomic E-state index is 0.133. The Morgan fingerprint density at radius 3 is 1.06 bits per heavy atom. The van der Waals surface area contributed by atoms with E-state index in [2.05, 4.69) is 102 Å². The number of primary sulfonamides is 1. The van der Waals surface area contributed by atoms with Gasteiger partial charge in [-0.1, -0.05) is 26.8 Å². The third-order valence-electron chi connectivity index (χ3n) is 22.9. The van der Waals surface area contributed by atoms with E-state index in [1.165, 1.54) is 122 Å². The molecule has 0 aliphatic carbocycles. The van der Waals surface area contributed by atoms with Gasteiger partial charge in [-0.15, -0.1) is 0 Å². The maximum absolute atomic E-state index is 13.3. The van der Waals surface area contributed by atoms with Crippen LogP contribution in [0.1, 0.15) is 144 Å². The van der Waals surface area contributed by atoms with Crippen LogP contribution in [-0.2, 0) is 47.0 Å². The molecule has 0 aliphatic heterocycles. The number of aromatic nitrogens is 22. The van der Waals surface area contributed by atoms with Gasteiger partial charge in [-0.05, 0) is 196 Å². The monoisotopic (exact) mass is 2000 g/mol. The lowest BCUT2D eigenvalue weighted by molar-refractivity contribution is 0.0927. The average molecular weight is 2000 g/mol. The first-order chi connectivity index (χ1) is 69.8. The van der Waals surface area contributed by atoms with Crippen LogP contribution >= 0.6 is 0 Å². The molecule has 15 heterocycles. The molecule has 7 N–H and O–H groups in total. The van der Waals surface area contributed by atoms with Crippen molar-refractivity contribution in [3.05, 3.63) is 385 Å². The highest BCUT2D eigenvalue weighted by atomic mass is 32.2. The number of pyridine rings is 8. The first-order valence-corrected chi connectivity index (χ1v) is 48.2. The van der Waals surface area contributed by atoms with Gasteiger partial charge >= 0.3 is 0 Å². The molecule has 734 valence electrons. The second-order valence-electron chi connectivity index (χ2n) is 32.8. The number of nitrogens with two attached hydrogens (primary N) is 1. The first-order valence-electron chi connectivity index (χ1n) is 44.8. The fraction of sp³-hybridized carbons (Fsp3) is 0.149. The summed E-state index contributed by atoms with van der Waals surface area (Å²) in [6, 6.07) is 41.4. The number of nitrogens with one attached hydrogen (secondary N) is 5. The van der Waals surface area contributed by atoms with E-state index >= 15 is 0 Å². The fourth-order valence-corrected chi connectivity index (χ4v) is 16.7. The SMILES string of the molecule is CC[C@H](NC(=O)c1cncc2c1cnn2-c1ccc(F)cc1)c1cc(S(C)(=O)=O)ccn1.CC[C@H](NC(=O)c1cncc2c1cnn2-c1ccc(F)cc1)c1cccc(S(N)(=O)=O)n1.CC[C@H](NC(=O)c1cncc2c1cnn2-c1ccc(F)cc1)c1ccnc(C)c1.Cn1cc(CNC(=O)c2cncc3c2cnn3-c2ccc(F)cc2)cn1.Cn1ccc(CNC(=O)c2cncc3c2cnn3-c2ccc(F)cc2)n1. The third-order valence-corrected chi connectivity index (χ3v) is 24.8. The summed E-state index contributed by atoms with van der Waals surface area (Å²) in [5, 5.41) is 52.6. The zero-order valence-corrected chi connectivity index (χ0v) is 79.9. The van der Waals surface area contributed by atoms with Gasteiger partial charge in [0, 0.05) is 121 Å². The predicted molar refractivity (Wildman–Crippen MR) is 526 cm³/mol. The van der Waals surface area contributed by atoms with Crippen molar-refractivity contribution in [1.29, 1.82) is 0 Å². The molecule has 145 heavy (non-hydrogen) atoms. The summed E-state index contributed by atoms with van der Waals surface area (Å²) in [6.07, 6.45) is 34.8. The Morgan fingerprint density at radius 1 is 0.379 bits per heavy atom. The van der Waals surface area contributed by atoms with Gasteiger partial charge in [0.25, 0.3) is 39.6 Å². The Bertz CT molecular complexity index is 8000. The number of aryl methyl sites for hydroxylation is 3. The molecule has 0 fully saturated rings. The summed E-state index contributed by atoms with van der Waals surface area (Å²) in [6.45, 7) is 8.34. The molecule has 15 aromatic heterocycles. The second-order valence-corrected chi connectivity index (χ2v) is 36.3. The molecule has 20 rings (SSSR count). The van der Waals surface area contributed by atoms with E-state index in [0.717, 1.165) is 35.2 Å². The normalized spacial score (nSPS) is 11.9. The fourth-order valence-electron chi connectivity index (χ4n) is 15.5. The molecule has 20 aromatic rings. The van der Waals surface area contributed by atoms with E-state index in [1.54, 1.807) is 174 Å². The van der Waals surface area contributed by atoms with Gasteiger partial charge in [0.2, 0.25) is 0 Å². The maximum Gasteiger partial charge on any atom is 0.255 e. The minimum Gasteiger partial charge on any atom is -0.348 e. The van der Waals surface area contributed by atoms with Gasteiger partial charge in [0.05, 0.1) is 199 Å². The lowest BCUT2D eigenvalue weighted by Crippen LogP contribution is -2.29. The molecule has 0 radical (unpaired) electrons. The van der Waals surface area contributed by atoms with E-state index in [0.29, 0.717) is 143 Å². The minimum atomic E-state index is -3.97. The molecule has 0 aliphatic rings. The zero-order valence-electron chi connectivity index (χ0n) is 78.3. The van der Waals surface area contributed by atoms with E-state index < -0.39 is 37.9 Å². The molecule has 0 unspecified atom stereocenters. The van der Waals surface area contributed by atoms with Gasteiger partial charge in [0.15, 0.2) is 14.9 Å². The maximum atomic E-state index is 13.3. The van der Waals surface area contributed by atoms with Crippen molar-refractivity contribution in [3.63, 3.8) is 0 Å². The number of hydrogen-bond donors (Lipinski definition) is 6. The molecule has 0 bridgehead atoms. The van der Waals surface area contributed by atoms with Crippen molar-refractivity contribution < 1.29 is 62.8 Å². The van der Waals surface area contributed by atoms with Crippen LogP contribution in [-0.4, -0.2) is 161 Å². The number of halogens is 5. The molecule has 5 aromatic carbocycles. The van der Waals surface area contributed by atoms with Gasteiger partial charge in [0.1, 0.15) is 29.1 Å². The van der Waals surface area contributed by atoms with Crippen LogP contribution < -0.4 is 31.7 Å². The van der Waals surface area contributed by atoms with Crippen LogP contribution in [0.15, 0.2) is 304 Å². The molecular weight excluding hydrogens is 1910 g/mol. The van der Waals surface area contributed by atoms with Crippen LogP contribution in [0.5, 0.6) is 0 Å². The largest absolute Gasteiger partial charge is 0.348 e. The highest BCUT2D eigenvalue weighted by Gasteiger charge is 2.27. The number of carbonyl (C=O) groups is 5. The van der Waals surface area contributed by atoms with Crippen LogP contribution in [0.4, 0.5) is 22.0 Å². The number of benzene rings is 5. The van der Waals surface area contributed by atoms with Gasteiger partial charge in [-0.2, -0.15) is 35.7 Å². The number of rotatable bonds is 25. The summed E-state index contributed by atoms with van der Waals surface area (Å²) in [4.78, 5) is 97.8. The topological polar surface area (TPSA) is 468 Å². The summed E-state index contributed by atoms with van der Waals surface area (Å²) < 4.78 is 124. The number of hydrogen-bond acceptors (Lipinski definition) is 24. The van der Waals surface area contributed by atoms with Gasteiger partial charge in [-0.3, -0.25) is 68.2 Å². The van der Waals surface area contributed by atoms with E-state index in [-0.39, 0.29) is 74.2 Å². The number of carbonyl (C=O) groups excluding carboxylic acids is 5. The van der Waals surface area contributed by atoms with Crippen LogP contribution in [0.2, 0.25) is 0 Å². The Labute approximate surface area is 823 Å². The third kappa shape index (κ3) is 23.5. The highest BCUT2D eigenvalue weighted by Crippen LogP contribution is 2.31. The van der Waals surface area contributed by atoms with Crippen molar-refractivity contribution in [1.82, 2.24) is 135 Å². The summed E-state index contributed by atoms with van der Waals surface area (Å²) in [7, 11) is -3.73. The smallest absolute Gasteiger partial charge is 0.255 e. The highest BCUT2D eigenvalue weighted by molar-refractivity contribution is 7.90. The van der Waals surface area contributed by atoms with E-state index in [1.807, 2.05) is 72.4 Å². The number of amides is 5. The number of sulfone groups is 1. The second kappa shape index (κ2) is 44.2. The van der Waals surface area contributed by atoms with Crippen molar-refractivity contribution in [2.24, 2.45) is 19.2 Å². The lowest BCUT2D eigenvalue weighted by Gasteiger charge is -2.18. The molecule has 5 amide bonds. The van der Waals surface area contributed by atoms with Crippen molar-refractivity contribution in [2.45, 2.75) is 88.1 Å². The first kappa shape index (κ1) is 99.9. The van der Waals surface area contributed by atoms with Gasteiger partial charge in [-0.25, -0.2) is 72.3 Å². The van der Waals surface area contributed by atoms with Crippen molar-refractivity contribution >= 4 is 104 Å².